The summed E-state index contributed by atoms with van der Waals surface area (Å²) < 4.78 is 0. The molecule has 3 nitrogen and oxygen atoms in total. The van der Waals surface area contributed by atoms with Gasteiger partial charge in [-0.15, -0.1) is 0 Å². The minimum absolute atomic E-state index is 0.299. The van der Waals surface area contributed by atoms with E-state index in [2.05, 4.69) is 13.0 Å². The molecule has 3 heteroatoms. The molecule has 23 heavy (non-hydrogen) atoms. The van der Waals surface area contributed by atoms with Crippen LogP contribution in [0.15, 0.2) is 24.3 Å². The molecular weight excluding hydrogens is 288 g/mol. The smallest absolute Gasteiger partial charge is 0.303 e. The lowest BCUT2D eigenvalue weighted by Gasteiger charge is -2.03. The molecule has 0 fully saturated rings. The van der Waals surface area contributed by atoms with Gasteiger partial charge in [-0.3, -0.25) is 4.79 Å². The van der Waals surface area contributed by atoms with Crippen molar-refractivity contribution in [2.24, 2.45) is 0 Å². The van der Waals surface area contributed by atoms with Gasteiger partial charge in [0.15, 0.2) is 0 Å². The fourth-order valence-electron chi connectivity index (χ4n) is 2.49. The van der Waals surface area contributed by atoms with Crippen LogP contribution in [0.3, 0.4) is 0 Å². The molecule has 0 aromatic rings. The Bertz CT molecular complexity index is 321. The summed E-state index contributed by atoms with van der Waals surface area (Å²) in [4.78, 5) is 10.4. The molecule has 134 valence electrons. The molecule has 0 aromatic carbocycles. The summed E-state index contributed by atoms with van der Waals surface area (Å²) in [5.74, 6) is -0.681. The van der Waals surface area contributed by atoms with Crippen LogP contribution in [0.5, 0.6) is 0 Å². The summed E-state index contributed by atoms with van der Waals surface area (Å²) in [7, 11) is 0. The van der Waals surface area contributed by atoms with Crippen molar-refractivity contribution in [1.82, 2.24) is 0 Å². The zero-order valence-electron chi connectivity index (χ0n) is 14.9. The third kappa shape index (κ3) is 18.9. The maximum Gasteiger partial charge on any atom is 0.303 e. The highest BCUT2D eigenvalue weighted by molar-refractivity contribution is 5.66. The highest BCUT2D eigenvalue weighted by atomic mass is 16.4. The number of aliphatic hydroxyl groups is 1. The molecular formula is C20H36O3. The van der Waals surface area contributed by atoms with E-state index >= 15 is 0 Å². The van der Waals surface area contributed by atoms with Gasteiger partial charge in [0.2, 0.25) is 0 Å². The van der Waals surface area contributed by atoms with Crippen LogP contribution >= 0.6 is 0 Å². The number of rotatable bonds is 16. The number of hydrogen-bond acceptors (Lipinski definition) is 2. The normalized spacial score (nSPS) is 13.1. The van der Waals surface area contributed by atoms with Crippen molar-refractivity contribution in [2.45, 2.75) is 96.5 Å². The van der Waals surface area contributed by atoms with Crippen molar-refractivity contribution in [1.29, 1.82) is 0 Å². The molecule has 0 heterocycles. The number of carboxylic acid groups (broad SMARTS) is 1. The average Bonchev–Trinajstić information content (AvgIpc) is 2.51. The largest absolute Gasteiger partial charge is 0.481 e. The van der Waals surface area contributed by atoms with E-state index in [-0.39, 0.29) is 6.10 Å². The fourth-order valence-corrected chi connectivity index (χ4v) is 2.49. The Morgan fingerprint density at radius 2 is 1.57 bits per heavy atom. The van der Waals surface area contributed by atoms with E-state index in [1.807, 2.05) is 18.2 Å². The average molecular weight is 325 g/mol. The third-order valence-corrected chi connectivity index (χ3v) is 3.95. The highest BCUT2D eigenvalue weighted by Gasteiger charge is 1.97. The van der Waals surface area contributed by atoms with Gasteiger partial charge >= 0.3 is 5.97 Å². The van der Waals surface area contributed by atoms with Crippen molar-refractivity contribution in [3.05, 3.63) is 24.3 Å². The molecule has 0 aliphatic rings. The van der Waals surface area contributed by atoms with Crippen molar-refractivity contribution in [3.8, 4) is 0 Å². The number of unbranched alkanes of at least 4 members (excludes halogenated alkanes) is 9. The van der Waals surface area contributed by atoms with Crippen LogP contribution in [-0.4, -0.2) is 22.3 Å². The monoisotopic (exact) mass is 324 g/mol. The minimum Gasteiger partial charge on any atom is -0.481 e. The summed E-state index contributed by atoms with van der Waals surface area (Å²) in [6.45, 7) is 2.17. The molecule has 0 aliphatic carbocycles. The van der Waals surface area contributed by atoms with E-state index in [1.54, 1.807) is 0 Å². The first-order chi connectivity index (χ1) is 11.2. The standard InChI is InChI=1S/C20H36O3/c1-2-3-13-16-19(21)17-14-11-9-7-5-4-6-8-10-12-15-18-20(22)23/h9,11,14,17,19,21H,2-8,10,12-13,15-16,18H2,1H3,(H,22,23)/t19-/m1/s1. The Balaban J connectivity index is 3.32. The molecule has 0 aliphatic heterocycles. The molecule has 0 unspecified atom stereocenters. The molecule has 1 atom stereocenters. The predicted octanol–water partition coefficient (Wildman–Crippen LogP) is 5.64. The SMILES string of the molecule is CCCCC[C@@H](O)C=CC=CCCCCCCCCCC(=O)O. The number of hydrogen-bond donors (Lipinski definition) is 2. The first-order valence-corrected chi connectivity index (χ1v) is 9.40. The Labute approximate surface area is 142 Å². The van der Waals surface area contributed by atoms with Crippen LogP contribution in [0.1, 0.15) is 90.4 Å². The lowest BCUT2D eigenvalue weighted by molar-refractivity contribution is -0.137. The van der Waals surface area contributed by atoms with E-state index in [1.165, 1.54) is 38.5 Å². The van der Waals surface area contributed by atoms with Crippen LogP contribution in [0.2, 0.25) is 0 Å². The molecule has 2 N–H and O–H groups in total. The molecule has 0 saturated heterocycles. The lowest BCUT2D eigenvalue weighted by Crippen LogP contribution is -2.00. The number of aliphatic hydroxyl groups excluding tert-OH is 1. The van der Waals surface area contributed by atoms with Gasteiger partial charge in [0.25, 0.3) is 0 Å². The van der Waals surface area contributed by atoms with Gasteiger partial charge in [0, 0.05) is 6.42 Å². The van der Waals surface area contributed by atoms with Gasteiger partial charge in [0.1, 0.15) is 0 Å². The fraction of sp³-hybridized carbons (Fsp3) is 0.750. The number of carboxylic acids is 1. The van der Waals surface area contributed by atoms with E-state index in [0.717, 1.165) is 38.5 Å². The molecule has 0 bridgehead atoms. The Hall–Kier alpha value is -1.09. The van der Waals surface area contributed by atoms with E-state index in [9.17, 15) is 9.90 Å². The molecule has 0 amide bonds. The first-order valence-electron chi connectivity index (χ1n) is 9.40. The summed E-state index contributed by atoms with van der Waals surface area (Å²) >= 11 is 0. The van der Waals surface area contributed by atoms with Crippen molar-refractivity contribution >= 4 is 5.97 Å². The highest BCUT2D eigenvalue weighted by Crippen LogP contribution is 2.10. The van der Waals surface area contributed by atoms with Gasteiger partial charge in [-0.2, -0.15) is 0 Å². The second kappa shape index (κ2) is 17.3. The topological polar surface area (TPSA) is 57.5 Å². The summed E-state index contributed by atoms with van der Waals surface area (Å²) in [6.07, 6.45) is 21.4. The van der Waals surface area contributed by atoms with Crippen LogP contribution in [0, 0.1) is 0 Å². The van der Waals surface area contributed by atoms with E-state index in [4.69, 9.17) is 5.11 Å². The van der Waals surface area contributed by atoms with Gasteiger partial charge in [0.05, 0.1) is 6.10 Å². The maximum atomic E-state index is 10.4. The van der Waals surface area contributed by atoms with Crippen LogP contribution < -0.4 is 0 Å². The van der Waals surface area contributed by atoms with Crippen LogP contribution in [0.25, 0.3) is 0 Å². The zero-order chi connectivity index (χ0) is 17.2. The number of carbonyl (C=O) groups is 1. The predicted molar refractivity (Wildman–Crippen MR) is 97.6 cm³/mol. The van der Waals surface area contributed by atoms with Gasteiger partial charge in [-0.05, 0) is 25.7 Å². The van der Waals surface area contributed by atoms with Gasteiger partial charge < -0.3 is 10.2 Å². The third-order valence-electron chi connectivity index (χ3n) is 3.95. The molecule has 0 aromatic heterocycles. The van der Waals surface area contributed by atoms with Crippen LogP contribution in [-0.2, 0) is 4.79 Å². The Kier molecular flexibility index (Phi) is 16.4. The summed E-state index contributed by atoms with van der Waals surface area (Å²) in [5, 5.41) is 18.2. The van der Waals surface area contributed by atoms with Crippen molar-refractivity contribution < 1.29 is 15.0 Å². The second-order valence-electron chi connectivity index (χ2n) is 6.28. The molecule has 0 spiro atoms. The molecule has 0 rings (SSSR count). The molecule has 0 saturated carbocycles. The second-order valence-corrected chi connectivity index (χ2v) is 6.28. The minimum atomic E-state index is -0.681. The summed E-state index contributed by atoms with van der Waals surface area (Å²) in [5.41, 5.74) is 0. The first kappa shape index (κ1) is 21.9. The molecule has 0 radical (unpaired) electrons. The maximum absolute atomic E-state index is 10.4. The van der Waals surface area contributed by atoms with Gasteiger partial charge in [-0.25, -0.2) is 0 Å². The lowest BCUT2D eigenvalue weighted by atomic mass is 10.1. The summed E-state index contributed by atoms with van der Waals surface area (Å²) in [6, 6.07) is 0. The van der Waals surface area contributed by atoms with Crippen molar-refractivity contribution in [2.75, 3.05) is 0 Å². The quantitative estimate of drug-likeness (QED) is 0.285. The van der Waals surface area contributed by atoms with E-state index < -0.39 is 5.97 Å². The van der Waals surface area contributed by atoms with E-state index in [0.29, 0.717) is 6.42 Å². The van der Waals surface area contributed by atoms with Crippen molar-refractivity contribution in [3.63, 3.8) is 0 Å². The Morgan fingerprint density at radius 1 is 0.913 bits per heavy atom. The van der Waals surface area contributed by atoms with Gasteiger partial charge in [-0.1, -0.05) is 82.6 Å². The zero-order valence-corrected chi connectivity index (χ0v) is 14.9. The number of allylic oxidation sites excluding steroid dienone is 3. The number of aliphatic carboxylic acids is 1. The van der Waals surface area contributed by atoms with Crippen LogP contribution in [0.4, 0.5) is 0 Å². The Morgan fingerprint density at radius 3 is 2.22 bits per heavy atom.